The maximum atomic E-state index is 15.5. The molecule has 8 aromatic rings. The van der Waals surface area contributed by atoms with Crippen molar-refractivity contribution in [2.75, 3.05) is 5.32 Å². The maximum absolute atomic E-state index is 15.5. The minimum atomic E-state index is -0.739. The van der Waals surface area contributed by atoms with Crippen LogP contribution in [0.15, 0.2) is 151 Å². The summed E-state index contributed by atoms with van der Waals surface area (Å²) in [5.74, 6) is -0.655. The van der Waals surface area contributed by atoms with Crippen molar-refractivity contribution in [3.8, 4) is 22.4 Å². The predicted molar refractivity (Wildman–Crippen MR) is 198 cm³/mol. The summed E-state index contributed by atoms with van der Waals surface area (Å²) in [6, 6.07) is 39.9. The van der Waals surface area contributed by atoms with E-state index in [1.165, 1.54) is 23.5 Å². The van der Waals surface area contributed by atoms with Crippen LogP contribution < -0.4 is 5.32 Å². The number of nitrogens with zero attached hydrogens (tertiary/aromatic N) is 5. The molecule has 0 bridgehead atoms. The van der Waals surface area contributed by atoms with Crippen molar-refractivity contribution in [1.29, 1.82) is 0 Å². The lowest BCUT2D eigenvalue weighted by atomic mass is 9.77. The summed E-state index contributed by atoms with van der Waals surface area (Å²) in [6.45, 7) is 0. The zero-order chi connectivity index (χ0) is 34.4. The lowest BCUT2D eigenvalue weighted by molar-refractivity contribution is 0.102. The molecule has 0 saturated heterocycles. The van der Waals surface area contributed by atoms with E-state index >= 15 is 4.39 Å². The summed E-state index contributed by atoms with van der Waals surface area (Å²) in [5, 5.41) is 10.2. The number of hydrogen-bond donors (Lipinski definition) is 1. The van der Waals surface area contributed by atoms with Gasteiger partial charge in [-0.3, -0.25) is 19.2 Å². The summed E-state index contributed by atoms with van der Waals surface area (Å²) in [4.78, 5) is 22.1. The highest BCUT2D eigenvalue weighted by Crippen LogP contribution is 2.42. The Bertz CT molecular complexity index is 2410. The number of pyridine rings is 1. The van der Waals surface area contributed by atoms with Crippen LogP contribution in [0.1, 0.15) is 51.5 Å². The molecule has 1 fully saturated rings. The van der Waals surface area contributed by atoms with E-state index in [1.807, 2.05) is 57.2 Å². The minimum absolute atomic E-state index is 0.0393. The van der Waals surface area contributed by atoms with Crippen molar-refractivity contribution in [2.45, 2.75) is 24.3 Å². The van der Waals surface area contributed by atoms with Crippen LogP contribution in [-0.4, -0.2) is 30.1 Å². The highest BCUT2D eigenvalue weighted by molar-refractivity contribution is 7.14. The Hall–Kier alpha value is -6.19. The normalized spacial score (nSPS) is 13.0. The molecule has 9 rings (SSSR count). The molecular weight excluding hydrogens is 656 g/mol. The third-order valence-corrected chi connectivity index (χ3v) is 10.4. The number of anilines is 1. The molecule has 4 aromatic carbocycles. The van der Waals surface area contributed by atoms with Crippen LogP contribution in [-0.2, 0) is 5.54 Å². The summed E-state index contributed by atoms with van der Waals surface area (Å²) in [5.41, 5.74) is 7.31. The minimum Gasteiger partial charge on any atom is -0.299 e. The molecule has 0 spiro atoms. The molecule has 248 valence electrons. The highest BCUT2D eigenvalue weighted by atomic mass is 32.1. The monoisotopic (exact) mass is 686 g/mol. The van der Waals surface area contributed by atoms with Crippen molar-refractivity contribution in [2.24, 2.45) is 0 Å². The number of benzene rings is 4. The van der Waals surface area contributed by atoms with E-state index in [0.29, 0.717) is 28.0 Å². The number of carbonyl (C=O) groups excluding carboxylic acids is 1. The van der Waals surface area contributed by atoms with Gasteiger partial charge in [-0.05, 0) is 53.8 Å². The Morgan fingerprint density at radius 1 is 0.765 bits per heavy atom. The van der Waals surface area contributed by atoms with E-state index in [-0.39, 0.29) is 5.56 Å². The molecule has 51 heavy (non-hydrogen) atoms. The van der Waals surface area contributed by atoms with Gasteiger partial charge in [0, 0.05) is 40.4 Å². The fourth-order valence-corrected chi connectivity index (χ4v) is 7.68. The zero-order valence-electron chi connectivity index (χ0n) is 27.4. The van der Waals surface area contributed by atoms with E-state index in [1.54, 1.807) is 12.3 Å². The number of amides is 1. The van der Waals surface area contributed by atoms with Gasteiger partial charge in [-0.1, -0.05) is 97.1 Å². The Kier molecular flexibility index (Phi) is 7.62. The summed E-state index contributed by atoms with van der Waals surface area (Å²) >= 11 is 1.36. The van der Waals surface area contributed by atoms with Crippen LogP contribution in [0.2, 0.25) is 0 Å². The first-order chi connectivity index (χ1) is 25.1. The van der Waals surface area contributed by atoms with Crippen LogP contribution >= 0.6 is 11.3 Å². The molecular formula is C42H31FN6OS. The molecule has 9 heteroatoms. The third-order valence-electron chi connectivity index (χ3n) is 9.59. The standard InChI is InChI=1S/C42H31FN6OS/c43-36-22-29(18-20-35(36)40(50)47-41-46-37(27-51-41)28-16-17-28)38-24-44-39-21-19-30(25-48(38)39)31-23-45-49(26-31)42(32-10-4-1-5-11-32,33-12-6-2-7-13-33)34-14-8-3-9-15-34/h1-15,18-28H,16-17H2,(H,46,47,50). The van der Waals surface area contributed by atoms with Crippen molar-refractivity contribution in [3.05, 3.63) is 185 Å². The van der Waals surface area contributed by atoms with Gasteiger partial charge in [-0.2, -0.15) is 5.10 Å². The number of hydrogen-bond acceptors (Lipinski definition) is 5. The van der Waals surface area contributed by atoms with Crippen molar-refractivity contribution in [3.63, 3.8) is 0 Å². The molecule has 1 aliphatic carbocycles. The Labute approximate surface area is 297 Å². The topological polar surface area (TPSA) is 77.1 Å². The van der Waals surface area contributed by atoms with Crippen LogP contribution in [0.25, 0.3) is 28.0 Å². The Morgan fingerprint density at radius 2 is 1.41 bits per heavy atom. The Morgan fingerprint density at radius 3 is 2.04 bits per heavy atom. The van der Waals surface area contributed by atoms with Gasteiger partial charge in [0.25, 0.3) is 5.91 Å². The first-order valence-corrected chi connectivity index (χ1v) is 17.7. The van der Waals surface area contributed by atoms with E-state index in [9.17, 15) is 4.79 Å². The average Bonchev–Trinajstić information content (AvgIpc) is 3.51. The number of aromatic nitrogens is 5. The van der Waals surface area contributed by atoms with Gasteiger partial charge < -0.3 is 0 Å². The number of fused-ring (bicyclic) bond motifs is 1. The van der Waals surface area contributed by atoms with E-state index in [2.05, 4.69) is 94.3 Å². The van der Waals surface area contributed by atoms with E-state index in [4.69, 9.17) is 5.10 Å². The molecule has 1 aliphatic rings. The van der Waals surface area contributed by atoms with Gasteiger partial charge in [0.05, 0.1) is 29.3 Å². The highest BCUT2D eigenvalue weighted by Gasteiger charge is 2.39. The quantitative estimate of drug-likeness (QED) is 0.154. The summed E-state index contributed by atoms with van der Waals surface area (Å²) in [7, 11) is 0. The molecule has 4 aromatic heterocycles. The second kappa shape index (κ2) is 12.6. The molecule has 4 heterocycles. The van der Waals surface area contributed by atoms with Crippen molar-refractivity contribution >= 4 is 28.0 Å². The lowest BCUT2D eigenvalue weighted by Gasteiger charge is -2.36. The van der Waals surface area contributed by atoms with Crippen molar-refractivity contribution < 1.29 is 9.18 Å². The smallest absolute Gasteiger partial charge is 0.260 e. The largest absolute Gasteiger partial charge is 0.299 e. The molecule has 0 radical (unpaired) electrons. The molecule has 0 aliphatic heterocycles. The van der Waals surface area contributed by atoms with Crippen LogP contribution in [0, 0.1) is 5.82 Å². The number of halogens is 1. The number of carbonyl (C=O) groups is 1. The fourth-order valence-electron chi connectivity index (χ4n) is 6.89. The van der Waals surface area contributed by atoms with Gasteiger partial charge >= 0.3 is 0 Å². The van der Waals surface area contributed by atoms with E-state index in [0.717, 1.165) is 46.4 Å². The second-order valence-corrected chi connectivity index (χ2v) is 13.6. The van der Waals surface area contributed by atoms with Crippen molar-refractivity contribution in [1.82, 2.24) is 24.1 Å². The van der Waals surface area contributed by atoms with Gasteiger partial charge in [-0.15, -0.1) is 11.3 Å². The van der Waals surface area contributed by atoms with Gasteiger partial charge in [0.2, 0.25) is 0 Å². The SMILES string of the molecule is O=C(Nc1nc(C2CC2)cs1)c1ccc(-c2cnc3ccc(-c4cnn(C(c5ccccc5)(c5ccccc5)c5ccccc5)c4)cn23)cc1F. The molecule has 0 atom stereocenters. The third kappa shape index (κ3) is 5.52. The van der Waals surface area contributed by atoms with Crippen LogP contribution in [0.3, 0.4) is 0 Å². The zero-order valence-corrected chi connectivity index (χ0v) is 28.2. The van der Waals surface area contributed by atoms with Gasteiger partial charge in [0.15, 0.2) is 5.13 Å². The number of rotatable bonds is 9. The first kappa shape index (κ1) is 30.8. The van der Waals surface area contributed by atoms with Gasteiger partial charge in [-0.25, -0.2) is 14.4 Å². The summed E-state index contributed by atoms with van der Waals surface area (Å²) < 4.78 is 19.5. The molecule has 7 nitrogen and oxygen atoms in total. The lowest BCUT2D eigenvalue weighted by Crippen LogP contribution is -2.38. The average molecular weight is 687 g/mol. The molecule has 0 unspecified atom stereocenters. The number of nitrogens with one attached hydrogen (secondary N) is 1. The molecule has 1 saturated carbocycles. The van der Waals surface area contributed by atoms with Crippen LogP contribution in [0.4, 0.5) is 9.52 Å². The molecule has 1 amide bonds. The Balaban J connectivity index is 1.07. The maximum Gasteiger partial charge on any atom is 0.260 e. The van der Waals surface area contributed by atoms with E-state index < -0.39 is 17.3 Å². The number of thiazole rings is 1. The first-order valence-electron chi connectivity index (χ1n) is 16.8. The number of imidazole rings is 1. The predicted octanol–water partition coefficient (Wildman–Crippen LogP) is 9.43. The summed E-state index contributed by atoms with van der Waals surface area (Å²) in [6.07, 6.45) is 9.92. The molecule has 1 N–H and O–H groups in total. The fraction of sp³-hybridized carbons (Fsp3) is 0.0952. The van der Waals surface area contributed by atoms with Gasteiger partial charge in [0.1, 0.15) is 17.0 Å². The second-order valence-electron chi connectivity index (χ2n) is 12.8. The van der Waals surface area contributed by atoms with Crippen LogP contribution in [0.5, 0.6) is 0 Å².